The maximum absolute atomic E-state index is 13.7. The zero-order valence-electron chi connectivity index (χ0n) is 17.5. The highest BCUT2D eigenvalue weighted by Gasteiger charge is 2.46. The standard InChI is InChI=1S/C27H19FN2O3/c28-20-10-8-19(9-11-20)24-23(25(31)22-7-3-5-18-4-1-2-6-21(18)22)26(32)27(33)30(24)16-17-12-14-29-15-13-17/h1-15,24,31H,16H2/b25-23-. The Morgan fingerprint density at radius 3 is 2.36 bits per heavy atom. The number of ketones is 1. The Labute approximate surface area is 189 Å². The fourth-order valence-corrected chi connectivity index (χ4v) is 4.30. The molecule has 0 radical (unpaired) electrons. The highest BCUT2D eigenvalue weighted by atomic mass is 19.1. The van der Waals surface area contributed by atoms with E-state index in [-0.39, 0.29) is 17.9 Å². The zero-order valence-corrected chi connectivity index (χ0v) is 17.5. The fourth-order valence-electron chi connectivity index (χ4n) is 4.30. The highest BCUT2D eigenvalue weighted by Crippen LogP contribution is 2.41. The zero-order chi connectivity index (χ0) is 22.9. The first-order valence-electron chi connectivity index (χ1n) is 10.5. The largest absolute Gasteiger partial charge is 0.507 e. The Morgan fingerprint density at radius 1 is 0.909 bits per heavy atom. The van der Waals surface area contributed by atoms with Crippen LogP contribution in [0.1, 0.15) is 22.7 Å². The van der Waals surface area contributed by atoms with Crippen molar-refractivity contribution in [1.82, 2.24) is 9.88 Å². The number of aliphatic hydroxyl groups is 1. The Morgan fingerprint density at radius 2 is 1.61 bits per heavy atom. The van der Waals surface area contributed by atoms with Gasteiger partial charge in [-0.2, -0.15) is 0 Å². The quantitative estimate of drug-likeness (QED) is 0.277. The van der Waals surface area contributed by atoms with Gasteiger partial charge in [-0.3, -0.25) is 14.6 Å². The van der Waals surface area contributed by atoms with Crippen LogP contribution in [-0.4, -0.2) is 26.7 Å². The van der Waals surface area contributed by atoms with Crippen molar-refractivity contribution < 1.29 is 19.1 Å². The van der Waals surface area contributed by atoms with Crippen molar-refractivity contribution in [2.75, 3.05) is 0 Å². The van der Waals surface area contributed by atoms with Crippen LogP contribution in [0.25, 0.3) is 16.5 Å². The number of Topliss-reactive ketones (excluding diaryl/α,β-unsaturated/α-hetero) is 1. The predicted molar refractivity (Wildman–Crippen MR) is 122 cm³/mol. The van der Waals surface area contributed by atoms with Crippen LogP contribution in [0.5, 0.6) is 0 Å². The molecule has 1 N–H and O–H groups in total. The number of aromatic nitrogens is 1. The molecule has 5 rings (SSSR count). The number of rotatable bonds is 4. The second kappa shape index (κ2) is 8.31. The maximum atomic E-state index is 13.7. The van der Waals surface area contributed by atoms with Crippen LogP contribution in [0.15, 0.2) is 96.8 Å². The number of pyridine rings is 1. The minimum absolute atomic E-state index is 0.0167. The normalized spacial score (nSPS) is 17.6. The summed E-state index contributed by atoms with van der Waals surface area (Å²) >= 11 is 0. The third kappa shape index (κ3) is 3.65. The van der Waals surface area contributed by atoms with Gasteiger partial charge in [-0.05, 0) is 46.2 Å². The number of carbonyl (C=O) groups is 2. The molecule has 0 saturated carbocycles. The number of hydrogen-bond donors (Lipinski definition) is 1. The van der Waals surface area contributed by atoms with Crippen molar-refractivity contribution in [2.24, 2.45) is 0 Å². The summed E-state index contributed by atoms with van der Waals surface area (Å²) in [6.45, 7) is 0.140. The van der Waals surface area contributed by atoms with Gasteiger partial charge < -0.3 is 10.0 Å². The van der Waals surface area contributed by atoms with E-state index in [0.717, 1.165) is 16.3 Å². The SMILES string of the molecule is O=C1C(=O)N(Cc2ccncc2)C(c2ccc(F)cc2)/C1=C(/O)c1cccc2ccccc12. The van der Waals surface area contributed by atoms with Gasteiger partial charge in [-0.1, -0.05) is 54.6 Å². The molecule has 1 aromatic heterocycles. The van der Waals surface area contributed by atoms with Crippen LogP contribution < -0.4 is 0 Å². The molecule has 1 atom stereocenters. The summed E-state index contributed by atoms with van der Waals surface area (Å²) in [4.78, 5) is 31.7. The third-order valence-electron chi connectivity index (χ3n) is 5.87. The molecule has 6 heteroatoms. The summed E-state index contributed by atoms with van der Waals surface area (Å²) in [7, 11) is 0. The van der Waals surface area contributed by atoms with Crippen molar-refractivity contribution in [3.8, 4) is 0 Å². The molecule has 0 aliphatic carbocycles. The van der Waals surface area contributed by atoms with E-state index in [2.05, 4.69) is 4.98 Å². The van der Waals surface area contributed by atoms with Crippen LogP contribution in [0.3, 0.4) is 0 Å². The summed E-state index contributed by atoms with van der Waals surface area (Å²) in [5, 5.41) is 13.0. The molecule has 1 fully saturated rings. The minimum Gasteiger partial charge on any atom is -0.507 e. The summed E-state index contributed by atoms with van der Waals surface area (Å²) in [5.41, 5.74) is 1.76. The molecule has 0 spiro atoms. The van der Waals surface area contributed by atoms with Gasteiger partial charge in [0.05, 0.1) is 11.6 Å². The van der Waals surface area contributed by atoms with Gasteiger partial charge in [0.25, 0.3) is 11.7 Å². The molecule has 0 bridgehead atoms. The number of carbonyl (C=O) groups excluding carboxylic acids is 2. The lowest BCUT2D eigenvalue weighted by Crippen LogP contribution is -2.29. The first kappa shape index (κ1) is 20.6. The van der Waals surface area contributed by atoms with Crippen molar-refractivity contribution in [3.05, 3.63) is 119 Å². The van der Waals surface area contributed by atoms with Crippen LogP contribution in [0.4, 0.5) is 4.39 Å². The van der Waals surface area contributed by atoms with Gasteiger partial charge in [0, 0.05) is 24.5 Å². The average molecular weight is 438 g/mol. The van der Waals surface area contributed by atoms with Crippen LogP contribution in [-0.2, 0) is 16.1 Å². The van der Waals surface area contributed by atoms with Gasteiger partial charge in [-0.25, -0.2) is 4.39 Å². The summed E-state index contributed by atoms with van der Waals surface area (Å²) < 4.78 is 13.7. The highest BCUT2D eigenvalue weighted by molar-refractivity contribution is 6.46. The maximum Gasteiger partial charge on any atom is 0.295 e. The van der Waals surface area contributed by atoms with Crippen LogP contribution >= 0.6 is 0 Å². The van der Waals surface area contributed by atoms with Crippen LogP contribution in [0, 0.1) is 5.82 Å². The first-order valence-corrected chi connectivity index (χ1v) is 10.5. The third-order valence-corrected chi connectivity index (χ3v) is 5.87. The van der Waals surface area contributed by atoms with Gasteiger partial charge >= 0.3 is 0 Å². The van der Waals surface area contributed by atoms with E-state index >= 15 is 0 Å². The van der Waals surface area contributed by atoms with Gasteiger partial charge in [-0.15, -0.1) is 0 Å². The molecular weight excluding hydrogens is 419 g/mol. The monoisotopic (exact) mass is 438 g/mol. The van der Waals surface area contributed by atoms with E-state index in [9.17, 15) is 19.1 Å². The van der Waals surface area contributed by atoms with E-state index in [4.69, 9.17) is 0 Å². The van der Waals surface area contributed by atoms with Gasteiger partial charge in [0.15, 0.2) is 0 Å². The number of likely N-dealkylation sites (tertiary alicyclic amines) is 1. The number of nitrogens with zero attached hydrogens (tertiary/aromatic N) is 2. The van der Waals surface area contributed by atoms with Gasteiger partial charge in [0.2, 0.25) is 0 Å². The second-order valence-corrected chi connectivity index (χ2v) is 7.86. The molecule has 1 saturated heterocycles. The Bertz CT molecular complexity index is 1390. The summed E-state index contributed by atoms with van der Waals surface area (Å²) in [6.07, 6.45) is 3.21. The molecule has 1 aliphatic rings. The van der Waals surface area contributed by atoms with Crippen molar-refractivity contribution in [1.29, 1.82) is 0 Å². The Kier molecular flexibility index (Phi) is 5.18. The lowest BCUT2D eigenvalue weighted by Gasteiger charge is -2.25. The van der Waals surface area contributed by atoms with Gasteiger partial charge in [0.1, 0.15) is 11.6 Å². The molecule has 2 heterocycles. The smallest absolute Gasteiger partial charge is 0.295 e. The second-order valence-electron chi connectivity index (χ2n) is 7.86. The average Bonchev–Trinajstić information content (AvgIpc) is 3.09. The van der Waals surface area contributed by atoms with E-state index in [1.165, 1.54) is 29.2 Å². The molecule has 5 nitrogen and oxygen atoms in total. The van der Waals surface area contributed by atoms with E-state index in [1.54, 1.807) is 36.7 Å². The molecule has 3 aromatic carbocycles. The lowest BCUT2D eigenvalue weighted by atomic mass is 9.93. The summed E-state index contributed by atoms with van der Waals surface area (Å²) in [5.74, 6) is -2.18. The number of halogens is 1. The van der Waals surface area contributed by atoms with Crippen molar-refractivity contribution >= 4 is 28.2 Å². The molecule has 1 unspecified atom stereocenters. The predicted octanol–water partition coefficient (Wildman–Crippen LogP) is 5.00. The van der Waals surface area contributed by atoms with Crippen molar-refractivity contribution in [2.45, 2.75) is 12.6 Å². The number of aliphatic hydroxyl groups excluding tert-OH is 1. The summed E-state index contributed by atoms with van der Waals surface area (Å²) in [6, 6.07) is 21.2. The molecule has 1 aliphatic heterocycles. The Hall–Kier alpha value is -4.32. The lowest BCUT2D eigenvalue weighted by molar-refractivity contribution is -0.140. The molecule has 162 valence electrons. The Balaban J connectivity index is 1.71. The topological polar surface area (TPSA) is 70.5 Å². The molecular formula is C27H19FN2O3. The fraction of sp³-hybridized carbons (Fsp3) is 0.0741. The number of hydrogen-bond acceptors (Lipinski definition) is 4. The molecule has 1 amide bonds. The van der Waals surface area contributed by atoms with E-state index in [0.29, 0.717) is 11.1 Å². The number of fused-ring (bicyclic) bond motifs is 1. The molecule has 33 heavy (non-hydrogen) atoms. The van der Waals surface area contributed by atoms with E-state index in [1.807, 2.05) is 30.3 Å². The van der Waals surface area contributed by atoms with Crippen molar-refractivity contribution in [3.63, 3.8) is 0 Å². The number of amides is 1. The minimum atomic E-state index is -0.863. The number of benzene rings is 3. The first-order chi connectivity index (χ1) is 16.0. The van der Waals surface area contributed by atoms with Crippen LogP contribution in [0.2, 0.25) is 0 Å². The molecule has 4 aromatic rings. The van der Waals surface area contributed by atoms with E-state index < -0.39 is 23.5 Å².